The second kappa shape index (κ2) is 5.65. The van der Waals surface area contributed by atoms with Crippen molar-refractivity contribution in [2.24, 2.45) is 0 Å². The standard InChI is InChI=1S/C18H16ClFO2/c1-10-13-6-5-12(21)9-11(13)3-2-4-14(10)15-7-8-16(22)18(20)17(15)19/h5-9,21-22H,2-4H2,1H3. The van der Waals surface area contributed by atoms with Crippen LogP contribution in [0.2, 0.25) is 5.02 Å². The van der Waals surface area contributed by atoms with Crippen molar-refractivity contribution < 1.29 is 14.6 Å². The maximum Gasteiger partial charge on any atom is 0.183 e. The van der Waals surface area contributed by atoms with E-state index in [9.17, 15) is 14.6 Å². The van der Waals surface area contributed by atoms with Gasteiger partial charge in [-0.05, 0) is 78.3 Å². The van der Waals surface area contributed by atoms with Gasteiger partial charge in [0.2, 0.25) is 0 Å². The molecule has 0 saturated carbocycles. The number of phenols is 2. The zero-order valence-electron chi connectivity index (χ0n) is 12.2. The lowest BCUT2D eigenvalue weighted by molar-refractivity contribution is 0.432. The normalized spacial score (nSPS) is 14.7. The Labute approximate surface area is 133 Å². The van der Waals surface area contributed by atoms with Gasteiger partial charge in [-0.3, -0.25) is 0 Å². The minimum absolute atomic E-state index is 0.0448. The summed E-state index contributed by atoms with van der Waals surface area (Å²) < 4.78 is 13.9. The monoisotopic (exact) mass is 318 g/mol. The molecule has 0 atom stereocenters. The molecule has 3 rings (SSSR count). The zero-order valence-corrected chi connectivity index (χ0v) is 12.9. The molecule has 2 aromatic carbocycles. The van der Waals surface area contributed by atoms with Crippen LogP contribution in [0.5, 0.6) is 11.5 Å². The third-order valence-electron chi connectivity index (χ3n) is 4.21. The average molecular weight is 319 g/mol. The molecule has 0 spiro atoms. The maximum absolute atomic E-state index is 13.9. The second-order valence-corrected chi connectivity index (χ2v) is 5.94. The lowest BCUT2D eigenvalue weighted by atomic mass is 9.93. The van der Waals surface area contributed by atoms with Gasteiger partial charge in [-0.15, -0.1) is 0 Å². The second-order valence-electron chi connectivity index (χ2n) is 5.56. The highest BCUT2D eigenvalue weighted by Crippen LogP contribution is 2.40. The van der Waals surface area contributed by atoms with Gasteiger partial charge in [-0.1, -0.05) is 17.7 Å². The van der Waals surface area contributed by atoms with E-state index >= 15 is 0 Å². The van der Waals surface area contributed by atoms with E-state index in [4.69, 9.17) is 11.6 Å². The number of phenolic OH excluding ortho intramolecular Hbond substituents is 2. The molecule has 0 saturated heterocycles. The molecule has 22 heavy (non-hydrogen) atoms. The van der Waals surface area contributed by atoms with E-state index in [0.29, 0.717) is 5.56 Å². The highest BCUT2D eigenvalue weighted by atomic mass is 35.5. The van der Waals surface area contributed by atoms with Crippen LogP contribution in [0.3, 0.4) is 0 Å². The Morgan fingerprint density at radius 2 is 1.77 bits per heavy atom. The fourth-order valence-corrected chi connectivity index (χ4v) is 3.34. The molecule has 4 heteroatoms. The third-order valence-corrected chi connectivity index (χ3v) is 4.57. The Hall–Kier alpha value is -2.00. The van der Waals surface area contributed by atoms with Crippen LogP contribution in [0.1, 0.15) is 36.5 Å². The fourth-order valence-electron chi connectivity index (χ4n) is 3.07. The lowest BCUT2D eigenvalue weighted by Gasteiger charge is -2.14. The van der Waals surface area contributed by atoms with Gasteiger partial charge in [0.1, 0.15) is 5.75 Å². The van der Waals surface area contributed by atoms with E-state index in [1.54, 1.807) is 18.2 Å². The first kappa shape index (κ1) is 14.9. The minimum Gasteiger partial charge on any atom is -0.508 e. The van der Waals surface area contributed by atoms with Gasteiger partial charge in [0.05, 0.1) is 5.02 Å². The van der Waals surface area contributed by atoms with Crippen molar-refractivity contribution in [1.82, 2.24) is 0 Å². The van der Waals surface area contributed by atoms with E-state index in [1.807, 2.05) is 13.0 Å². The Bertz CT molecular complexity index is 781. The molecule has 1 aliphatic carbocycles. The summed E-state index contributed by atoms with van der Waals surface area (Å²) in [4.78, 5) is 0. The number of benzene rings is 2. The third kappa shape index (κ3) is 2.46. The molecule has 0 heterocycles. The van der Waals surface area contributed by atoms with E-state index in [2.05, 4.69) is 0 Å². The Kier molecular flexibility index (Phi) is 3.83. The van der Waals surface area contributed by atoms with Crippen molar-refractivity contribution in [1.29, 1.82) is 0 Å². The van der Waals surface area contributed by atoms with Gasteiger partial charge in [-0.25, -0.2) is 4.39 Å². The maximum atomic E-state index is 13.9. The largest absolute Gasteiger partial charge is 0.508 e. The smallest absolute Gasteiger partial charge is 0.183 e. The quantitative estimate of drug-likeness (QED) is 0.762. The summed E-state index contributed by atoms with van der Waals surface area (Å²) in [5.41, 5.74) is 4.76. The molecule has 0 aliphatic heterocycles. The van der Waals surface area contributed by atoms with Crippen LogP contribution in [-0.4, -0.2) is 10.2 Å². The number of hydrogen-bond acceptors (Lipinski definition) is 2. The number of hydrogen-bond donors (Lipinski definition) is 2. The first-order chi connectivity index (χ1) is 10.5. The van der Waals surface area contributed by atoms with Gasteiger partial charge >= 0.3 is 0 Å². The SMILES string of the molecule is CC1=C(c2ccc(O)c(F)c2Cl)CCCc2cc(O)ccc21. The summed E-state index contributed by atoms with van der Waals surface area (Å²) in [5.74, 6) is -0.968. The molecular formula is C18H16ClFO2. The minimum atomic E-state index is -0.783. The molecule has 0 radical (unpaired) electrons. The lowest BCUT2D eigenvalue weighted by Crippen LogP contribution is -1.93. The van der Waals surface area contributed by atoms with Crippen molar-refractivity contribution in [2.45, 2.75) is 26.2 Å². The van der Waals surface area contributed by atoms with Crippen LogP contribution in [-0.2, 0) is 6.42 Å². The number of rotatable bonds is 1. The average Bonchev–Trinajstić information content (AvgIpc) is 2.64. The molecule has 2 N–H and O–H groups in total. The molecule has 114 valence electrons. The van der Waals surface area contributed by atoms with Crippen LogP contribution in [0.15, 0.2) is 30.3 Å². The fraction of sp³-hybridized carbons (Fsp3) is 0.222. The van der Waals surface area contributed by atoms with Gasteiger partial charge < -0.3 is 10.2 Å². The van der Waals surface area contributed by atoms with Crippen molar-refractivity contribution in [3.63, 3.8) is 0 Å². The summed E-state index contributed by atoms with van der Waals surface area (Å²) in [6, 6.07) is 8.31. The molecule has 0 amide bonds. The highest BCUT2D eigenvalue weighted by Gasteiger charge is 2.20. The predicted molar refractivity (Wildman–Crippen MR) is 86.6 cm³/mol. The summed E-state index contributed by atoms with van der Waals surface area (Å²) >= 11 is 6.09. The molecule has 2 aromatic rings. The van der Waals surface area contributed by atoms with Crippen molar-refractivity contribution in [3.05, 3.63) is 57.9 Å². The molecule has 0 aromatic heterocycles. The van der Waals surface area contributed by atoms with Gasteiger partial charge in [-0.2, -0.15) is 0 Å². The molecule has 0 fully saturated rings. The van der Waals surface area contributed by atoms with Crippen molar-refractivity contribution in [3.8, 4) is 11.5 Å². The summed E-state index contributed by atoms with van der Waals surface area (Å²) in [7, 11) is 0. The number of fused-ring (bicyclic) bond motifs is 1. The van der Waals surface area contributed by atoms with Crippen molar-refractivity contribution >= 4 is 22.7 Å². The first-order valence-electron chi connectivity index (χ1n) is 7.18. The number of halogens is 2. The summed E-state index contributed by atoms with van der Waals surface area (Å²) in [6.07, 6.45) is 2.51. The number of aromatic hydroxyl groups is 2. The Morgan fingerprint density at radius 3 is 2.55 bits per heavy atom. The van der Waals surface area contributed by atoms with E-state index in [0.717, 1.165) is 41.5 Å². The predicted octanol–water partition coefficient (Wildman–Crippen LogP) is 5.16. The zero-order chi connectivity index (χ0) is 15.9. The number of allylic oxidation sites excluding steroid dienone is 2. The van der Waals surface area contributed by atoms with Crippen LogP contribution in [0.4, 0.5) is 4.39 Å². The van der Waals surface area contributed by atoms with Gasteiger partial charge in [0.15, 0.2) is 11.6 Å². The van der Waals surface area contributed by atoms with E-state index < -0.39 is 11.6 Å². The van der Waals surface area contributed by atoms with Gasteiger partial charge in [0, 0.05) is 0 Å². The molecule has 0 bridgehead atoms. The topological polar surface area (TPSA) is 40.5 Å². The molecule has 2 nitrogen and oxygen atoms in total. The Balaban J connectivity index is 2.20. The molecule has 0 unspecified atom stereocenters. The molecular weight excluding hydrogens is 303 g/mol. The van der Waals surface area contributed by atoms with E-state index in [-0.39, 0.29) is 10.8 Å². The first-order valence-corrected chi connectivity index (χ1v) is 7.56. The summed E-state index contributed by atoms with van der Waals surface area (Å²) in [5, 5.41) is 19.0. The summed E-state index contributed by atoms with van der Waals surface area (Å²) in [6.45, 7) is 1.98. The van der Waals surface area contributed by atoms with Crippen LogP contribution in [0, 0.1) is 5.82 Å². The highest BCUT2D eigenvalue weighted by molar-refractivity contribution is 6.33. The number of aryl methyl sites for hydroxylation is 1. The van der Waals surface area contributed by atoms with Crippen LogP contribution >= 0.6 is 11.6 Å². The van der Waals surface area contributed by atoms with E-state index in [1.165, 1.54) is 6.07 Å². The molecule has 1 aliphatic rings. The Morgan fingerprint density at radius 1 is 1.05 bits per heavy atom. The van der Waals surface area contributed by atoms with Gasteiger partial charge in [0.25, 0.3) is 0 Å². The van der Waals surface area contributed by atoms with Crippen molar-refractivity contribution in [2.75, 3.05) is 0 Å². The van der Waals surface area contributed by atoms with Crippen LogP contribution in [0.25, 0.3) is 11.1 Å². The van der Waals surface area contributed by atoms with Crippen LogP contribution < -0.4 is 0 Å².